The Morgan fingerprint density at radius 3 is 2.56 bits per heavy atom. The average molecular weight is 216 g/mol. The van der Waals surface area contributed by atoms with Crippen LogP contribution in [-0.2, 0) is 6.42 Å². The van der Waals surface area contributed by atoms with Crippen molar-refractivity contribution in [2.75, 3.05) is 0 Å². The first-order valence-corrected chi connectivity index (χ1v) is 6.81. The molecule has 0 amide bonds. The van der Waals surface area contributed by atoms with Gasteiger partial charge in [-0.3, -0.25) is 0 Å². The average Bonchev–Trinajstić information content (AvgIpc) is 2.34. The van der Waals surface area contributed by atoms with E-state index < -0.39 is 0 Å². The van der Waals surface area contributed by atoms with Gasteiger partial charge in [-0.1, -0.05) is 63.4 Å². The van der Waals surface area contributed by atoms with E-state index in [9.17, 15) is 0 Å². The lowest BCUT2D eigenvalue weighted by molar-refractivity contribution is 0.101. The highest BCUT2D eigenvalue weighted by molar-refractivity contribution is 5.17. The maximum absolute atomic E-state index is 2.46. The highest BCUT2D eigenvalue weighted by atomic mass is 14.4. The summed E-state index contributed by atoms with van der Waals surface area (Å²) in [7, 11) is 0. The summed E-state index contributed by atoms with van der Waals surface area (Å²) >= 11 is 0. The second-order valence-electron chi connectivity index (χ2n) is 5.53. The summed E-state index contributed by atoms with van der Waals surface area (Å²) < 4.78 is 0. The molecule has 2 rings (SSSR count). The highest BCUT2D eigenvalue weighted by Crippen LogP contribution is 2.46. The lowest BCUT2D eigenvalue weighted by atomic mass is 9.63. The molecule has 1 aromatic rings. The van der Waals surface area contributed by atoms with Crippen LogP contribution in [0.3, 0.4) is 0 Å². The fraction of sp³-hybridized carbons (Fsp3) is 0.625. The topological polar surface area (TPSA) is 0 Å². The molecule has 0 bridgehead atoms. The van der Waals surface area contributed by atoms with Crippen molar-refractivity contribution in [3.63, 3.8) is 0 Å². The Balaban J connectivity index is 2.15. The molecule has 0 aliphatic heterocycles. The predicted octanol–water partition coefficient (Wildman–Crippen LogP) is 4.84. The van der Waals surface area contributed by atoms with Crippen molar-refractivity contribution in [1.82, 2.24) is 0 Å². The van der Waals surface area contributed by atoms with Gasteiger partial charge >= 0.3 is 0 Å². The van der Waals surface area contributed by atoms with E-state index in [1.54, 1.807) is 0 Å². The second-order valence-corrected chi connectivity index (χ2v) is 5.53. The third-order valence-electron chi connectivity index (χ3n) is 4.71. The van der Waals surface area contributed by atoms with Crippen molar-refractivity contribution < 1.29 is 0 Å². The van der Waals surface area contributed by atoms with E-state index in [0.717, 1.165) is 5.92 Å². The van der Waals surface area contributed by atoms with E-state index in [-0.39, 0.29) is 0 Å². The van der Waals surface area contributed by atoms with Crippen LogP contribution in [0.4, 0.5) is 0 Å². The molecular formula is C16H24. The zero-order chi connectivity index (χ0) is 11.4. The molecule has 2 unspecified atom stereocenters. The maximum atomic E-state index is 2.46. The van der Waals surface area contributed by atoms with Crippen molar-refractivity contribution in [2.24, 2.45) is 11.3 Å². The molecule has 1 fully saturated rings. The molecule has 0 saturated heterocycles. The van der Waals surface area contributed by atoms with Crippen molar-refractivity contribution in [1.29, 1.82) is 0 Å². The van der Waals surface area contributed by atoms with Gasteiger partial charge < -0.3 is 0 Å². The molecule has 1 aliphatic rings. The first-order chi connectivity index (χ1) is 7.77. The van der Waals surface area contributed by atoms with Gasteiger partial charge in [0, 0.05) is 0 Å². The van der Waals surface area contributed by atoms with E-state index in [0.29, 0.717) is 5.41 Å². The van der Waals surface area contributed by atoms with Crippen LogP contribution in [0.1, 0.15) is 51.5 Å². The molecule has 0 radical (unpaired) electrons. The quantitative estimate of drug-likeness (QED) is 0.678. The van der Waals surface area contributed by atoms with Gasteiger partial charge in [-0.25, -0.2) is 0 Å². The van der Waals surface area contributed by atoms with Crippen molar-refractivity contribution in [3.8, 4) is 0 Å². The molecule has 0 nitrogen and oxygen atoms in total. The first kappa shape index (κ1) is 11.7. The summed E-state index contributed by atoms with van der Waals surface area (Å²) in [5.74, 6) is 0.895. The summed E-state index contributed by atoms with van der Waals surface area (Å²) in [6.07, 6.45) is 8.36. The molecule has 1 aromatic carbocycles. The van der Waals surface area contributed by atoms with E-state index >= 15 is 0 Å². The molecule has 0 heterocycles. The molecular weight excluding hydrogens is 192 g/mol. The Labute approximate surface area is 100 Å². The van der Waals surface area contributed by atoms with E-state index in [4.69, 9.17) is 0 Å². The minimum atomic E-state index is 0.583. The van der Waals surface area contributed by atoms with Gasteiger partial charge in [0.25, 0.3) is 0 Å². The summed E-state index contributed by atoms with van der Waals surface area (Å²) in [6.45, 7) is 4.84. The fourth-order valence-electron chi connectivity index (χ4n) is 3.40. The summed E-state index contributed by atoms with van der Waals surface area (Å²) in [5, 5.41) is 0. The molecule has 0 spiro atoms. The lowest BCUT2D eigenvalue weighted by Gasteiger charge is -2.42. The van der Waals surface area contributed by atoms with E-state index in [1.807, 2.05) is 0 Å². The Hall–Kier alpha value is -0.780. The van der Waals surface area contributed by atoms with Crippen molar-refractivity contribution >= 4 is 0 Å². The van der Waals surface area contributed by atoms with Crippen LogP contribution in [-0.4, -0.2) is 0 Å². The smallest absolute Gasteiger partial charge is 0.0220 e. The van der Waals surface area contributed by atoms with Gasteiger partial charge in [-0.15, -0.1) is 0 Å². The Morgan fingerprint density at radius 1 is 1.19 bits per heavy atom. The van der Waals surface area contributed by atoms with Gasteiger partial charge in [-0.05, 0) is 36.2 Å². The largest absolute Gasteiger partial charge is 0.0648 e. The molecule has 16 heavy (non-hydrogen) atoms. The SMILES string of the molecule is CCC1(Cc2ccccc2)CCCCC1C. The monoisotopic (exact) mass is 216 g/mol. The molecule has 1 aliphatic carbocycles. The fourth-order valence-corrected chi connectivity index (χ4v) is 3.40. The van der Waals surface area contributed by atoms with E-state index in [2.05, 4.69) is 44.2 Å². The van der Waals surface area contributed by atoms with Crippen LogP contribution in [0.15, 0.2) is 30.3 Å². The van der Waals surface area contributed by atoms with Crippen LogP contribution in [0.2, 0.25) is 0 Å². The lowest BCUT2D eigenvalue weighted by Crippen LogP contribution is -2.33. The Kier molecular flexibility index (Phi) is 3.68. The van der Waals surface area contributed by atoms with Gasteiger partial charge in [0.2, 0.25) is 0 Å². The maximum Gasteiger partial charge on any atom is -0.0220 e. The third-order valence-corrected chi connectivity index (χ3v) is 4.71. The highest BCUT2D eigenvalue weighted by Gasteiger charge is 2.36. The van der Waals surface area contributed by atoms with Crippen LogP contribution in [0.5, 0.6) is 0 Å². The van der Waals surface area contributed by atoms with Gasteiger partial charge in [0.1, 0.15) is 0 Å². The van der Waals surface area contributed by atoms with Crippen LogP contribution < -0.4 is 0 Å². The summed E-state index contributed by atoms with van der Waals surface area (Å²) in [6, 6.07) is 11.0. The van der Waals surface area contributed by atoms with Crippen molar-refractivity contribution in [2.45, 2.75) is 52.4 Å². The zero-order valence-corrected chi connectivity index (χ0v) is 10.7. The molecule has 0 heteroatoms. The minimum Gasteiger partial charge on any atom is -0.0648 e. The van der Waals surface area contributed by atoms with Gasteiger partial charge in [-0.2, -0.15) is 0 Å². The van der Waals surface area contributed by atoms with Crippen LogP contribution >= 0.6 is 0 Å². The standard InChI is InChI=1S/C16H24/c1-3-16(12-8-7-9-14(16)2)13-15-10-5-4-6-11-15/h4-6,10-11,14H,3,7-9,12-13H2,1-2H3. The summed E-state index contributed by atoms with van der Waals surface area (Å²) in [5.41, 5.74) is 2.11. The normalized spacial score (nSPS) is 30.2. The van der Waals surface area contributed by atoms with E-state index in [1.165, 1.54) is 44.1 Å². The Bertz CT molecular complexity index is 314. The molecule has 2 atom stereocenters. The van der Waals surface area contributed by atoms with Gasteiger partial charge in [0.05, 0.1) is 0 Å². The number of rotatable bonds is 3. The molecule has 1 saturated carbocycles. The number of hydrogen-bond donors (Lipinski definition) is 0. The van der Waals surface area contributed by atoms with Crippen molar-refractivity contribution in [3.05, 3.63) is 35.9 Å². The molecule has 88 valence electrons. The van der Waals surface area contributed by atoms with Crippen LogP contribution in [0.25, 0.3) is 0 Å². The second kappa shape index (κ2) is 5.03. The first-order valence-electron chi connectivity index (χ1n) is 6.81. The molecule has 0 aromatic heterocycles. The number of benzene rings is 1. The summed E-state index contributed by atoms with van der Waals surface area (Å²) in [4.78, 5) is 0. The minimum absolute atomic E-state index is 0.583. The number of hydrogen-bond acceptors (Lipinski definition) is 0. The van der Waals surface area contributed by atoms with Gasteiger partial charge in [0.15, 0.2) is 0 Å². The van der Waals surface area contributed by atoms with Crippen LogP contribution in [0, 0.1) is 11.3 Å². The molecule has 0 N–H and O–H groups in total. The third kappa shape index (κ3) is 2.31. The Morgan fingerprint density at radius 2 is 1.94 bits per heavy atom. The predicted molar refractivity (Wildman–Crippen MR) is 70.5 cm³/mol. The zero-order valence-electron chi connectivity index (χ0n) is 10.7.